The number of carbonyl (C=O) groups is 1. The Morgan fingerprint density at radius 3 is 2.56 bits per heavy atom. The number of hydrogen-bond donors (Lipinski definition) is 0. The number of nitrogens with zero attached hydrogens (tertiary/aromatic N) is 5. The van der Waals surface area contributed by atoms with Crippen LogP contribution in [0.1, 0.15) is 36.6 Å². The van der Waals surface area contributed by atoms with Gasteiger partial charge in [-0.25, -0.2) is 9.97 Å². The van der Waals surface area contributed by atoms with E-state index in [1.54, 1.807) is 19.5 Å². The molecule has 1 aliphatic rings. The van der Waals surface area contributed by atoms with Crippen molar-refractivity contribution in [1.82, 2.24) is 19.9 Å². The minimum absolute atomic E-state index is 0.0839. The van der Waals surface area contributed by atoms with Crippen LogP contribution < -0.4 is 9.64 Å². The van der Waals surface area contributed by atoms with Crippen LogP contribution in [0.3, 0.4) is 0 Å². The van der Waals surface area contributed by atoms with E-state index in [1.165, 1.54) is 0 Å². The Labute approximate surface area is 189 Å². The standard InChI is InChI=1S/C25H29N5O2/c1-29(2)25-27-17-21(19-11-13-26-14-12-19)24(28-25)22-6-4-5-15-30(22)23(31)16-18-7-9-20(32-3)10-8-18/h7-14,17,22H,4-6,15-16H2,1-3H3. The molecular weight excluding hydrogens is 402 g/mol. The molecule has 0 saturated carbocycles. The molecule has 166 valence electrons. The van der Waals surface area contributed by atoms with E-state index in [0.717, 1.165) is 53.9 Å². The summed E-state index contributed by atoms with van der Waals surface area (Å²) in [6.45, 7) is 0.733. The molecule has 0 spiro atoms. The van der Waals surface area contributed by atoms with Crippen LogP contribution in [-0.4, -0.2) is 53.5 Å². The van der Waals surface area contributed by atoms with E-state index < -0.39 is 0 Å². The summed E-state index contributed by atoms with van der Waals surface area (Å²) in [5.41, 5.74) is 3.84. The maximum atomic E-state index is 13.4. The van der Waals surface area contributed by atoms with Crippen LogP contribution in [0.2, 0.25) is 0 Å². The van der Waals surface area contributed by atoms with Gasteiger partial charge in [-0.05, 0) is 54.7 Å². The van der Waals surface area contributed by atoms with Crippen molar-refractivity contribution < 1.29 is 9.53 Å². The average Bonchev–Trinajstić information content (AvgIpc) is 2.84. The van der Waals surface area contributed by atoms with Crippen molar-refractivity contribution in [3.8, 4) is 16.9 Å². The van der Waals surface area contributed by atoms with Gasteiger partial charge in [0.15, 0.2) is 0 Å². The summed E-state index contributed by atoms with van der Waals surface area (Å²) in [4.78, 5) is 30.9. The lowest BCUT2D eigenvalue weighted by molar-refractivity contribution is -0.134. The zero-order chi connectivity index (χ0) is 22.5. The number of rotatable bonds is 6. The first-order valence-corrected chi connectivity index (χ1v) is 10.9. The second kappa shape index (κ2) is 9.77. The van der Waals surface area contributed by atoms with Gasteiger partial charge in [-0.15, -0.1) is 0 Å². The van der Waals surface area contributed by atoms with E-state index in [0.29, 0.717) is 12.4 Å². The normalized spacial score (nSPS) is 16.0. The molecule has 0 aliphatic carbocycles. The van der Waals surface area contributed by atoms with Crippen molar-refractivity contribution in [2.24, 2.45) is 0 Å². The SMILES string of the molecule is COc1ccc(CC(=O)N2CCCCC2c2nc(N(C)C)ncc2-c2ccncc2)cc1. The van der Waals surface area contributed by atoms with E-state index >= 15 is 0 Å². The van der Waals surface area contributed by atoms with E-state index in [9.17, 15) is 4.79 Å². The number of ether oxygens (including phenoxy) is 1. The number of piperidine rings is 1. The smallest absolute Gasteiger partial charge is 0.227 e. The molecule has 4 rings (SSSR count). The molecule has 1 unspecified atom stereocenters. The van der Waals surface area contributed by atoms with Crippen LogP contribution in [0.4, 0.5) is 5.95 Å². The minimum atomic E-state index is -0.0839. The van der Waals surface area contributed by atoms with Crippen molar-refractivity contribution in [3.63, 3.8) is 0 Å². The largest absolute Gasteiger partial charge is 0.497 e. The second-order valence-corrected chi connectivity index (χ2v) is 8.22. The van der Waals surface area contributed by atoms with Gasteiger partial charge in [0.25, 0.3) is 0 Å². The molecule has 1 saturated heterocycles. The first-order valence-electron chi connectivity index (χ1n) is 10.9. The van der Waals surface area contributed by atoms with Gasteiger partial charge < -0.3 is 14.5 Å². The summed E-state index contributed by atoms with van der Waals surface area (Å²) >= 11 is 0. The van der Waals surface area contributed by atoms with Gasteiger partial charge in [0, 0.05) is 44.8 Å². The molecule has 1 amide bonds. The topological polar surface area (TPSA) is 71.5 Å². The summed E-state index contributed by atoms with van der Waals surface area (Å²) in [6.07, 6.45) is 8.72. The summed E-state index contributed by atoms with van der Waals surface area (Å²) in [5, 5.41) is 0. The van der Waals surface area contributed by atoms with Crippen LogP contribution in [0.25, 0.3) is 11.1 Å². The Balaban J connectivity index is 1.68. The molecule has 2 aromatic heterocycles. The molecule has 0 N–H and O–H groups in total. The molecule has 3 heterocycles. The molecule has 7 heteroatoms. The van der Waals surface area contributed by atoms with Gasteiger partial charge in [-0.1, -0.05) is 12.1 Å². The van der Waals surface area contributed by atoms with Gasteiger partial charge in [-0.3, -0.25) is 9.78 Å². The monoisotopic (exact) mass is 431 g/mol. The molecule has 0 bridgehead atoms. The molecule has 32 heavy (non-hydrogen) atoms. The van der Waals surface area contributed by atoms with E-state index in [1.807, 2.05) is 66.5 Å². The molecular formula is C25H29N5O2. The molecule has 1 atom stereocenters. The van der Waals surface area contributed by atoms with Crippen molar-refractivity contribution in [1.29, 1.82) is 0 Å². The molecule has 3 aromatic rings. The third kappa shape index (κ3) is 4.72. The number of carbonyl (C=O) groups excluding carboxylic acids is 1. The number of likely N-dealkylation sites (tertiary alicyclic amines) is 1. The molecule has 1 aromatic carbocycles. The Morgan fingerprint density at radius 2 is 1.88 bits per heavy atom. The highest BCUT2D eigenvalue weighted by molar-refractivity contribution is 5.80. The number of anilines is 1. The zero-order valence-electron chi connectivity index (χ0n) is 18.9. The van der Waals surface area contributed by atoms with E-state index in [2.05, 4.69) is 9.97 Å². The van der Waals surface area contributed by atoms with Crippen molar-refractivity contribution >= 4 is 11.9 Å². The number of aromatic nitrogens is 3. The lowest BCUT2D eigenvalue weighted by Gasteiger charge is -2.36. The average molecular weight is 432 g/mol. The van der Waals surface area contributed by atoms with Crippen LogP contribution in [0, 0.1) is 0 Å². The summed E-state index contributed by atoms with van der Waals surface area (Å²) in [5.74, 6) is 1.55. The highest BCUT2D eigenvalue weighted by atomic mass is 16.5. The molecule has 0 radical (unpaired) electrons. The van der Waals surface area contributed by atoms with Gasteiger partial charge in [0.2, 0.25) is 11.9 Å². The van der Waals surface area contributed by atoms with Gasteiger partial charge in [0.05, 0.1) is 25.3 Å². The van der Waals surface area contributed by atoms with Crippen LogP contribution in [0.15, 0.2) is 55.0 Å². The fraction of sp³-hybridized carbons (Fsp3) is 0.360. The number of methoxy groups -OCH3 is 1. The number of benzene rings is 1. The van der Waals surface area contributed by atoms with Gasteiger partial charge in [0.1, 0.15) is 5.75 Å². The quantitative estimate of drug-likeness (QED) is 0.589. The van der Waals surface area contributed by atoms with Crippen LogP contribution in [0.5, 0.6) is 5.75 Å². The van der Waals surface area contributed by atoms with Crippen molar-refractivity contribution in [3.05, 3.63) is 66.2 Å². The molecule has 1 fully saturated rings. The fourth-order valence-electron chi connectivity index (χ4n) is 4.14. The predicted molar refractivity (Wildman–Crippen MR) is 125 cm³/mol. The molecule has 7 nitrogen and oxygen atoms in total. The Hall–Kier alpha value is -3.48. The van der Waals surface area contributed by atoms with Gasteiger partial charge in [-0.2, -0.15) is 0 Å². The first kappa shape index (κ1) is 21.7. The van der Waals surface area contributed by atoms with Crippen molar-refractivity contribution in [2.75, 3.05) is 32.6 Å². The lowest BCUT2D eigenvalue weighted by atomic mass is 9.93. The third-order valence-corrected chi connectivity index (χ3v) is 5.85. The van der Waals surface area contributed by atoms with Crippen LogP contribution in [-0.2, 0) is 11.2 Å². The molecule has 1 aliphatic heterocycles. The van der Waals surface area contributed by atoms with E-state index in [-0.39, 0.29) is 11.9 Å². The fourth-order valence-corrected chi connectivity index (χ4v) is 4.14. The predicted octanol–water partition coefficient (Wildman–Crippen LogP) is 3.91. The third-order valence-electron chi connectivity index (χ3n) is 5.85. The van der Waals surface area contributed by atoms with Gasteiger partial charge >= 0.3 is 0 Å². The lowest BCUT2D eigenvalue weighted by Crippen LogP contribution is -2.40. The Kier molecular flexibility index (Phi) is 6.63. The van der Waals surface area contributed by atoms with Crippen LogP contribution >= 0.6 is 0 Å². The minimum Gasteiger partial charge on any atom is -0.497 e. The van der Waals surface area contributed by atoms with Crippen molar-refractivity contribution in [2.45, 2.75) is 31.7 Å². The van der Waals surface area contributed by atoms with E-state index in [4.69, 9.17) is 9.72 Å². The first-order chi connectivity index (χ1) is 15.6. The maximum absolute atomic E-state index is 13.4. The summed E-state index contributed by atoms with van der Waals surface area (Å²) in [7, 11) is 5.50. The Bertz CT molecular complexity index is 1050. The Morgan fingerprint density at radius 1 is 1.12 bits per heavy atom. The zero-order valence-corrected chi connectivity index (χ0v) is 18.9. The number of hydrogen-bond acceptors (Lipinski definition) is 6. The summed E-state index contributed by atoms with van der Waals surface area (Å²) < 4.78 is 5.23. The highest BCUT2D eigenvalue weighted by Gasteiger charge is 2.31. The number of pyridine rings is 1. The second-order valence-electron chi connectivity index (χ2n) is 8.22. The highest BCUT2D eigenvalue weighted by Crippen LogP contribution is 2.36. The number of amides is 1. The maximum Gasteiger partial charge on any atom is 0.227 e. The summed E-state index contributed by atoms with van der Waals surface area (Å²) in [6, 6.07) is 11.5.